The Morgan fingerprint density at radius 2 is 1.41 bits per heavy atom. The van der Waals surface area contributed by atoms with Crippen molar-refractivity contribution < 1.29 is 4.42 Å². The fourth-order valence-electron chi connectivity index (χ4n) is 4.38. The largest absolute Gasteiger partial charge is 0.441 e. The molecule has 4 aromatic carbocycles. The molecule has 0 fully saturated rings. The number of fused-ring (bicyclic) bond motifs is 2. The summed E-state index contributed by atoms with van der Waals surface area (Å²) < 4.78 is 6.13. The second-order valence-electron chi connectivity index (χ2n) is 7.86. The lowest BCUT2D eigenvalue weighted by Crippen LogP contribution is -2.39. The third-order valence-corrected chi connectivity index (χ3v) is 5.83. The van der Waals surface area contributed by atoms with Crippen LogP contribution < -0.4 is 4.90 Å². The molecule has 4 heteroatoms. The summed E-state index contributed by atoms with van der Waals surface area (Å²) in [6.45, 7) is 0. The van der Waals surface area contributed by atoms with E-state index in [0.29, 0.717) is 6.42 Å². The second-order valence-corrected chi connectivity index (χ2v) is 7.86. The highest BCUT2D eigenvalue weighted by Crippen LogP contribution is 2.41. The van der Waals surface area contributed by atoms with Crippen molar-refractivity contribution in [1.29, 1.82) is 0 Å². The lowest BCUT2D eigenvalue weighted by Gasteiger charge is -2.38. The number of rotatable bonds is 4. The van der Waals surface area contributed by atoms with Crippen molar-refractivity contribution in [3.63, 3.8) is 0 Å². The van der Waals surface area contributed by atoms with E-state index in [0.717, 1.165) is 39.8 Å². The highest BCUT2D eigenvalue weighted by molar-refractivity contribution is 6.12. The molecule has 154 valence electrons. The van der Waals surface area contributed by atoms with E-state index < -0.39 is 0 Å². The summed E-state index contributed by atoms with van der Waals surface area (Å²) in [5.74, 6) is 1.65. The van der Waals surface area contributed by atoms with Gasteiger partial charge in [0.2, 0.25) is 0 Å². The molecule has 0 N–H and O–H groups in total. The number of anilines is 1. The number of aromatic nitrogens is 1. The first-order valence-corrected chi connectivity index (χ1v) is 10.8. The van der Waals surface area contributed by atoms with Crippen molar-refractivity contribution in [2.24, 2.45) is 4.99 Å². The van der Waals surface area contributed by atoms with E-state index in [9.17, 15) is 0 Å². The Morgan fingerprint density at radius 3 is 2.22 bits per heavy atom. The molecule has 1 aliphatic heterocycles. The van der Waals surface area contributed by atoms with Gasteiger partial charge in [-0.25, -0.2) is 9.98 Å². The van der Waals surface area contributed by atoms with Crippen LogP contribution in [0.3, 0.4) is 0 Å². The monoisotopic (exact) mass is 415 g/mol. The van der Waals surface area contributed by atoms with Crippen molar-refractivity contribution in [3.8, 4) is 0 Å². The Hall–Kier alpha value is -4.18. The van der Waals surface area contributed by atoms with Crippen molar-refractivity contribution in [3.05, 3.63) is 126 Å². The van der Waals surface area contributed by atoms with E-state index in [2.05, 4.69) is 71.6 Å². The minimum absolute atomic E-state index is 0.00521. The fourth-order valence-corrected chi connectivity index (χ4v) is 4.38. The van der Waals surface area contributed by atoms with Gasteiger partial charge in [0, 0.05) is 23.2 Å². The Labute approximate surface area is 186 Å². The number of nitrogens with zero attached hydrogens (tertiary/aromatic N) is 3. The lowest BCUT2D eigenvalue weighted by atomic mass is 9.95. The minimum Gasteiger partial charge on any atom is -0.441 e. The lowest BCUT2D eigenvalue weighted by molar-refractivity contribution is 0.500. The van der Waals surface area contributed by atoms with Gasteiger partial charge in [-0.05, 0) is 30.3 Å². The molecule has 1 aliphatic rings. The maximum absolute atomic E-state index is 6.13. The zero-order chi connectivity index (χ0) is 21.3. The summed E-state index contributed by atoms with van der Waals surface area (Å²) in [4.78, 5) is 12.2. The topological polar surface area (TPSA) is 41.6 Å². The average molecular weight is 415 g/mol. The SMILES string of the molecule is c1ccc(C2=Nc3ccccc3C(Cc3nc4ccccc4o3)N2c2ccccc2)cc1. The molecule has 0 spiro atoms. The van der Waals surface area contributed by atoms with Crippen molar-refractivity contribution >= 4 is 28.3 Å². The molecule has 32 heavy (non-hydrogen) atoms. The fraction of sp³-hybridized carbons (Fsp3) is 0.0714. The van der Waals surface area contributed by atoms with Crippen LogP contribution >= 0.6 is 0 Å². The maximum atomic E-state index is 6.13. The zero-order valence-corrected chi connectivity index (χ0v) is 17.4. The minimum atomic E-state index is -0.00521. The van der Waals surface area contributed by atoms with Crippen LogP contribution in [0.5, 0.6) is 0 Å². The van der Waals surface area contributed by atoms with Gasteiger partial charge >= 0.3 is 0 Å². The molecular weight excluding hydrogens is 394 g/mol. The first-order valence-electron chi connectivity index (χ1n) is 10.8. The number of hydrogen-bond acceptors (Lipinski definition) is 4. The number of amidine groups is 1. The van der Waals surface area contributed by atoms with Crippen LogP contribution in [0, 0.1) is 0 Å². The van der Waals surface area contributed by atoms with E-state index in [4.69, 9.17) is 14.4 Å². The molecule has 0 bridgehead atoms. The predicted molar refractivity (Wildman–Crippen MR) is 128 cm³/mol. The molecule has 1 unspecified atom stereocenters. The quantitative estimate of drug-likeness (QED) is 0.328. The van der Waals surface area contributed by atoms with Crippen LogP contribution in [0.2, 0.25) is 0 Å². The number of aliphatic imine (C=N–C) groups is 1. The smallest absolute Gasteiger partial charge is 0.197 e. The van der Waals surface area contributed by atoms with Gasteiger partial charge in [-0.2, -0.15) is 0 Å². The Bertz CT molecular complexity index is 1370. The van der Waals surface area contributed by atoms with Gasteiger partial charge in [0.15, 0.2) is 11.5 Å². The molecule has 1 atom stereocenters. The highest BCUT2D eigenvalue weighted by atomic mass is 16.3. The van der Waals surface area contributed by atoms with E-state index in [1.807, 2.05) is 42.5 Å². The van der Waals surface area contributed by atoms with E-state index in [1.165, 1.54) is 5.56 Å². The molecule has 1 aromatic heterocycles. The number of benzene rings is 4. The first-order chi connectivity index (χ1) is 15.9. The van der Waals surface area contributed by atoms with E-state index in [-0.39, 0.29) is 6.04 Å². The van der Waals surface area contributed by atoms with Crippen LogP contribution in [0.4, 0.5) is 11.4 Å². The van der Waals surface area contributed by atoms with Crippen LogP contribution in [0.25, 0.3) is 11.1 Å². The van der Waals surface area contributed by atoms with Crippen LogP contribution in [-0.4, -0.2) is 10.8 Å². The molecule has 0 saturated heterocycles. The highest BCUT2D eigenvalue weighted by Gasteiger charge is 2.33. The van der Waals surface area contributed by atoms with Gasteiger partial charge in [0.1, 0.15) is 11.4 Å². The molecule has 0 saturated carbocycles. The molecule has 0 aliphatic carbocycles. The summed E-state index contributed by atoms with van der Waals surface area (Å²) in [6.07, 6.45) is 0.631. The molecule has 0 amide bonds. The van der Waals surface area contributed by atoms with Gasteiger partial charge in [-0.1, -0.05) is 78.9 Å². The van der Waals surface area contributed by atoms with E-state index >= 15 is 0 Å². The number of oxazole rings is 1. The first kappa shape index (κ1) is 18.6. The summed E-state index contributed by atoms with van der Waals surface area (Å²) in [6, 6.07) is 37.1. The van der Waals surface area contributed by atoms with Gasteiger partial charge < -0.3 is 9.32 Å². The molecule has 6 rings (SSSR count). The standard InChI is InChI=1S/C28H21N3O/c1-3-11-20(12-4-1)28-30-23-16-8-7-15-22(23)25(31(28)21-13-5-2-6-14-21)19-27-29-24-17-9-10-18-26(24)32-27/h1-18,25H,19H2. The van der Waals surface area contributed by atoms with Crippen molar-refractivity contribution in [1.82, 2.24) is 4.98 Å². The van der Waals surface area contributed by atoms with Gasteiger partial charge in [0.25, 0.3) is 0 Å². The van der Waals surface area contributed by atoms with Gasteiger partial charge in [-0.3, -0.25) is 0 Å². The third kappa shape index (κ3) is 3.26. The molecule has 5 aromatic rings. The maximum Gasteiger partial charge on any atom is 0.197 e. The van der Waals surface area contributed by atoms with Crippen molar-refractivity contribution in [2.45, 2.75) is 12.5 Å². The third-order valence-electron chi connectivity index (χ3n) is 5.83. The molecule has 2 heterocycles. The Balaban J connectivity index is 1.53. The van der Waals surface area contributed by atoms with Gasteiger partial charge in [-0.15, -0.1) is 0 Å². The van der Waals surface area contributed by atoms with Gasteiger partial charge in [0.05, 0.1) is 11.7 Å². The number of hydrogen-bond donors (Lipinski definition) is 0. The zero-order valence-electron chi connectivity index (χ0n) is 17.4. The van der Waals surface area contributed by atoms with Crippen LogP contribution in [-0.2, 0) is 6.42 Å². The summed E-state index contributed by atoms with van der Waals surface area (Å²) in [5.41, 5.74) is 6.02. The summed E-state index contributed by atoms with van der Waals surface area (Å²) in [7, 11) is 0. The van der Waals surface area contributed by atoms with Crippen LogP contribution in [0.15, 0.2) is 119 Å². The average Bonchev–Trinajstić information content (AvgIpc) is 3.27. The Morgan fingerprint density at radius 1 is 0.719 bits per heavy atom. The second kappa shape index (κ2) is 7.82. The van der Waals surface area contributed by atoms with E-state index in [1.54, 1.807) is 0 Å². The summed E-state index contributed by atoms with van der Waals surface area (Å²) in [5, 5.41) is 0. The number of para-hydroxylation sites is 4. The molecule has 0 radical (unpaired) electrons. The summed E-state index contributed by atoms with van der Waals surface area (Å²) >= 11 is 0. The normalized spacial score (nSPS) is 15.4. The van der Waals surface area contributed by atoms with Crippen LogP contribution in [0.1, 0.15) is 23.1 Å². The van der Waals surface area contributed by atoms with Crippen molar-refractivity contribution in [2.75, 3.05) is 4.90 Å². The molecular formula is C28H21N3O. The molecule has 4 nitrogen and oxygen atoms in total. The predicted octanol–water partition coefficient (Wildman–Crippen LogP) is 6.71. The Kier molecular flexibility index (Phi) is 4.54.